The summed E-state index contributed by atoms with van der Waals surface area (Å²) >= 11 is 0. The van der Waals surface area contributed by atoms with Gasteiger partial charge in [0.25, 0.3) is 0 Å². The maximum Gasteiger partial charge on any atom is 0.319 e. The van der Waals surface area contributed by atoms with Crippen molar-refractivity contribution in [1.29, 1.82) is 0 Å². The van der Waals surface area contributed by atoms with E-state index in [1.807, 2.05) is 13.8 Å². The molecule has 0 radical (unpaired) electrons. The van der Waals surface area contributed by atoms with Gasteiger partial charge in [0, 0.05) is 18.3 Å². The van der Waals surface area contributed by atoms with Gasteiger partial charge in [0.1, 0.15) is 0 Å². The van der Waals surface area contributed by atoms with Crippen molar-refractivity contribution in [3.8, 4) is 0 Å². The molecule has 0 saturated heterocycles. The molecule has 2 N–H and O–H groups in total. The minimum absolute atomic E-state index is 0.181. The smallest absolute Gasteiger partial charge is 0.319 e. The van der Waals surface area contributed by atoms with Gasteiger partial charge in [-0.3, -0.25) is 10.1 Å². The molecule has 110 valence electrons. The van der Waals surface area contributed by atoms with Crippen LogP contribution in [0.15, 0.2) is 18.2 Å². The Morgan fingerprint density at radius 1 is 1.40 bits per heavy atom. The van der Waals surface area contributed by atoms with E-state index in [0.717, 1.165) is 25.0 Å². The van der Waals surface area contributed by atoms with Crippen LogP contribution < -0.4 is 10.6 Å². The summed E-state index contributed by atoms with van der Waals surface area (Å²) in [6.07, 6.45) is 1.91. The molecule has 0 aliphatic rings. The fraction of sp³-hybridized carbons (Fsp3) is 0.462. The van der Waals surface area contributed by atoms with Crippen molar-refractivity contribution in [2.75, 3.05) is 11.9 Å². The third-order valence-corrected chi connectivity index (χ3v) is 3.11. The van der Waals surface area contributed by atoms with Crippen molar-refractivity contribution >= 4 is 17.4 Å². The Bertz CT molecular complexity index is 490. The molecular weight excluding hydrogens is 265 g/mol. The topological polar surface area (TPSA) is 84.3 Å². The van der Waals surface area contributed by atoms with Crippen molar-refractivity contribution < 1.29 is 14.1 Å². The third kappa shape index (κ3) is 4.49. The van der Waals surface area contributed by atoms with E-state index in [1.165, 1.54) is 6.07 Å². The number of carbonyl (C=O) groups excluding carboxylic acids is 1. The molecule has 0 fully saturated rings. The normalized spacial score (nSPS) is 10.4. The summed E-state index contributed by atoms with van der Waals surface area (Å²) in [5.41, 5.74) is -0.483. The summed E-state index contributed by atoms with van der Waals surface area (Å²) in [7, 11) is 0. The molecule has 20 heavy (non-hydrogen) atoms. The first kappa shape index (κ1) is 15.9. The summed E-state index contributed by atoms with van der Waals surface area (Å²) in [5, 5.41) is 15.7. The van der Waals surface area contributed by atoms with Gasteiger partial charge in [-0.05, 0) is 18.1 Å². The number of nitro groups is 1. The van der Waals surface area contributed by atoms with Crippen LogP contribution in [0.1, 0.15) is 26.7 Å². The zero-order chi connectivity index (χ0) is 15.1. The quantitative estimate of drug-likeness (QED) is 0.620. The molecule has 0 bridgehead atoms. The first-order valence-electron chi connectivity index (χ1n) is 6.46. The second-order valence-electron chi connectivity index (χ2n) is 4.44. The van der Waals surface area contributed by atoms with Crippen LogP contribution in [0.25, 0.3) is 0 Å². The van der Waals surface area contributed by atoms with Gasteiger partial charge in [-0.15, -0.1) is 0 Å². The molecule has 7 heteroatoms. The third-order valence-electron chi connectivity index (χ3n) is 3.11. The minimum atomic E-state index is -0.932. The van der Waals surface area contributed by atoms with Crippen molar-refractivity contribution in [3.05, 3.63) is 34.1 Å². The Hall–Kier alpha value is -2.18. The highest BCUT2D eigenvalue weighted by molar-refractivity contribution is 5.89. The number of halogens is 1. The van der Waals surface area contributed by atoms with Gasteiger partial charge in [0.15, 0.2) is 0 Å². The maximum absolute atomic E-state index is 13.1. The Morgan fingerprint density at radius 3 is 2.60 bits per heavy atom. The summed E-state index contributed by atoms with van der Waals surface area (Å²) in [5.74, 6) is -0.540. The number of hydrogen-bond donors (Lipinski definition) is 2. The minimum Gasteiger partial charge on any atom is -0.338 e. The number of benzene rings is 1. The molecule has 1 rings (SSSR count). The molecule has 1 aromatic rings. The van der Waals surface area contributed by atoms with E-state index in [1.54, 1.807) is 0 Å². The summed E-state index contributed by atoms with van der Waals surface area (Å²) in [6.45, 7) is 4.61. The molecule has 0 aliphatic carbocycles. The molecule has 0 unspecified atom stereocenters. The Morgan fingerprint density at radius 2 is 2.05 bits per heavy atom. The monoisotopic (exact) mass is 283 g/mol. The largest absolute Gasteiger partial charge is 0.338 e. The van der Waals surface area contributed by atoms with Crippen molar-refractivity contribution in [2.45, 2.75) is 26.7 Å². The lowest BCUT2D eigenvalue weighted by atomic mass is 10.0. The number of nitrogens with one attached hydrogen (secondary N) is 2. The van der Waals surface area contributed by atoms with Gasteiger partial charge in [-0.2, -0.15) is 4.39 Å². The summed E-state index contributed by atoms with van der Waals surface area (Å²) in [4.78, 5) is 21.4. The van der Waals surface area contributed by atoms with Crippen molar-refractivity contribution in [2.24, 2.45) is 5.92 Å². The van der Waals surface area contributed by atoms with Crippen molar-refractivity contribution in [1.82, 2.24) is 5.32 Å². The molecular formula is C13H18FN3O3. The molecule has 0 atom stereocenters. The highest BCUT2D eigenvalue weighted by atomic mass is 19.1. The van der Waals surface area contributed by atoms with E-state index in [4.69, 9.17) is 0 Å². The van der Waals surface area contributed by atoms with E-state index in [2.05, 4.69) is 10.6 Å². The number of urea groups is 1. The van der Waals surface area contributed by atoms with E-state index in [9.17, 15) is 19.3 Å². The molecule has 1 aromatic carbocycles. The number of rotatable bonds is 6. The van der Waals surface area contributed by atoms with Gasteiger partial charge in [0.2, 0.25) is 5.82 Å². The van der Waals surface area contributed by atoms with Gasteiger partial charge < -0.3 is 10.6 Å². The molecule has 0 heterocycles. The lowest BCUT2D eigenvalue weighted by molar-refractivity contribution is -0.387. The first-order chi connectivity index (χ1) is 9.47. The van der Waals surface area contributed by atoms with Crippen LogP contribution in [0.4, 0.5) is 20.6 Å². The number of nitrogens with zero attached hydrogens (tertiary/aromatic N) is 1. The number of carbonyl (C=O) groups is 1. The Balaban J connectivity index is 2.62. The van der Waals surface area contributed by atoms with Crippen LogP contribution >= 0.6 is 0 Å². The SMILES string of the molecule is CCC(CC)CNC(=O)Nc1ccc(F)c([N+](=O)[O-])c1. The average Bonchev–Trinajstić information content (AvgIpc) is 2.41. The van der Waals surface area contributed by atoms with Crippen LogP contribution in [0.3, 0.4) is 0 Å². The summed E-state index contributed by atoms with van der Waals surface area (Å²) in [6, 6.07) is 2.76. The van der Waals surface area contributed by atoms with Crippen LogP contribution in [-0.2, 0) is 0 Å². The highest BCUT2D eigenvalue weighted by Crippen LogP contribution is 2.21. The van der Waals surface area contributed by atoms with Gasteiger partial charge >= 0.3 is 11.7 Å². The van der Waals surface area contributed by atoms with E-state index >= 15 is 0 Å². The fourth-order valence-corrected chi connectivity index (χ4v) is 1.72. The van der Waals surface area contributed by atoms with E-state index in [-0.39, 0.29) is 5.69 Å². The Labute approximate surface area is 116 Å². The second kappa shape index (κ2) is 7.42. The number of hydrogen-bond acceptors (Lipinski definition) is 3. The predicted octanol–water partition coefficient (Wildman–Crippen LogP) is 3.29. The van der Waals surface area contributed by atoms with Crippen LogP contribution in [0.2, 0.25) is 0 Å². The highest BCUT2D eigenvalue weighted by Gasteiger charge is 2.15. The van der Waals surface area contributed by atoms with Crippen LogP contribution in [0.5, 0.6) is 0 Å². The van der Waals surface area contributed by atoms with Gasteiger partial charge in [-0.25, -0.2) is 4.79 Å². The summed E-state index contributed by atoms with van der Waals surface area (Å²) < 4.78 is 13.1. The standard InChI is InChI=1S/C13H18FN3O3/c1-3-9(4-2)8-15-13(18)16-10-5-6-11(14)12(7-10)17(19)20/h5-7,9H,3-4,8H2,1-2H3,(H2,15,16,18). The first-order valence-corrected chi connectivity index (χ1v) is 6.46. The number of amides is 2. The molecule has 0 aliphatic heterocycles. The van der Waals surface area contributed by atoms with Gasteiger partial charge in [0.05, 0.1) is 4.92 Å². The lowest BCUT2D eigenvalue weighted by Crippen LogP contribution is -2.32. The van der Waals surface area contributed by atoms with Crippen molar-refractivity contribution in [3.63, 3.8) is 0 Å². The Kier molecular flexibility index (Phi) is 5.89. The maximum atomic E-state index is 13.1. The molecule has 0 saturated carbocycles. The number of anilines is 1. The van der Waals surface area contributed by atoms with Crippen LogP contribution in [0, 0.1) is 21.8 Å². The number of nitro benzene ring substituents is 1. The van der Waals surface area contributed by atoms with E-state index in [0.29, 0.717) is 12.5 Å². The molecule has 2 amide bonds. The second-order valence-corrected chi connectivity index (χ2v) is 4.44. The average molecular weight is 283 g/mol. The fourth-order valence-electron chi connectivity index (χ4n) is 1.72. The zero-order valence-corrected chi connectivity index (χ0v) is 11.5. The van der Waals surface area contributed by atoms with E-state index < -0.39 is 22.5 Å². The lowest BCUT2D eigenvalue weighted by Gasteiger charge is -2.13. The van der Waals surface area contributed by atoms with Crippen LogP contribution in [-0.4, -0.2) is 17.5 Å². The molecule has 0 aromatic heterocycles. The van der Waals surface area contributed by atoms with Gasteiger partial charge in [-0.1, -0.05) is 26.7 Å². The zero-order valence-electron chi connectivity index (χ0n) is 11.5. The molecule has 0 spiro atoms. The predicted molar refractivity (Wildman–Crippen MR) is 74.1 cm³/mol. The molecule has 6 nitrogen and oxygen atoms in total.